The predicted octanol–water partition coefficient (Wildman–Crippen LogP) is 2.60. The molecule has 2 rings (SSSR count). The summed E-state index contributed by atoms with van der Waals surface area (Å²) in [5, 5.41) is 7.72. The van der Waals surface area contributed by atoms with Gasteiger partial charge in [0.25, 0.3) is 0 Å². The fraction of sp³-hybridized carbons (Fsp3) is 0.267. The van der Waals surface area contributed by atoms with Crippen LogP contribution in [-0.2, 0) is 13.1 Å². The van der Waals surface area contributed by atoms with E-state index in [4.69, 9.17) is 0 Å². The fourth-order valence-corrected chi connectivity index (χ4v) is 1.72. The molecule has 18 heavy (non-hydrogen) atoms. The Morgan fingerprint density at radius 3 is 2.83 bits per heavy atom. The molecule has 2 aromatic rings. The summed E-state index contributed by atoms with van der Waals surface area (Å²) in [6.07, 6.45) is 5.88. The third-order valence-corrected chi connectivity index (χ3v) is 2.86. The van der Waals surface area contributed by atoms with Crippen molar-refractivity contribution in [3.05, 3.63) is 66.5 Å². The average Bonchev–Trinajstić information content (AvgIpc) is 2.85. The van der Waals surface area contributed by atoms with E-state index in [1.165, 1.54) is 11.1 Å². The van der Waals surface area contributed by atoms with Gasteiger partial charge in [-0.05, 0) is 12.5 Å². The molecule has 1 N–H and O–H groups in total. The molecule has 0 spiro atoms. The van der Waals surface area contributed by atoms with E-state index in [1.807, 2.05) is 35.2 Å². The number of hydrogen-bond donors (Lipinski definition) is 1. The topological polar surface area (TPSA) is 29.9 Å². The van der Waals surface area contributed by atoms with Crippen molar-refractivity contribution < 1.29 is 0 Å². The van der Waals surface area contributed by atoms with Crippen LogP contribution in [0.15, 0.2) is 55.4 Å². The first-order chi connectivity index (χ1) is 8.78. The molecule has 0 bridgehead atoms. The van der Waals surface area contributed by atoms with Crippen LogP contribution in [0, 0.1) is 0 Å². The molecule has 1 heterocycles. The van der Waals surface area contributed by atoms with E-state index in [1.54, 1.807) is 0 Å². The minimum absolute atomic E-state index is 0.322. The lowest BCUT2D eigenvalue weighted by molar-refractivity contribution is 0.632. The van der Waals surface area contributed by atoms with Gasteiger partial charge in [-0.3, -0.25) is 4.68 Å². The Hall–Kier alpha value is -1.87. The summed E-state index contributed by atoms with van der Waals surface area (Å²) in [7, 11) is 0. The second-order valence-electron chi connectivity index (χ2n) is 4.44. The molecule has 0 aliphatic heterocycles. The number of aromatic nitrogens is 2. The Morgan fingerprint density at radius 2 is 2.11 bits per heavy atom. The van der Waals surface area contributed by atoms with Gasteiger partial charge < -0.3 is 5.32 Å². The lowest BCUT2D eigenvalue weighted by atomic mass is 10.2. The van der Waals surface area contributed by atoms with Gasteiger partial charge in [0.05, 0.1) is 12.7 Å². The SMILES string of the molecule is C=CC(C)NCc1cnn(Cc2ccccc2)c1. The zero-order valence-electron chi connectivity index (χ0n) is 10.7. The van der Waals surface area contributed by atoms with E-state index in [2.05, 4.69) is 42.2 Å². The van der Waals surface area contributed by atoms with Crippen LogP contribution in [0.3, 0.4) is 0 Å². The Labute approximate surface area is 108 Å². The molecule has 0 saturated heterocycles. The van der Waals surface area contributed by atoms with Gasteiger partial charge in [0.1, 0.15) is 0 Å². The molecule has 3 heteroatoms. The summed E-state index contributed by atoms with van der Waals surface area (Å²) >= 11 is 0. The summed E-state index contributed by atoms with van der Waals surface area (Å²) in [4.78, 5) is 0. The molecule has 1 unspecified atom stereocenters. The molecular weight excluding hydrogens is 222 g/mol. The number of nitrogens with one attached hydrogen (secondary N) is 1. The molecule has 0 amide bonds. The van der Waals surface area contributed by atoms with Gasteiger partial charge >= 0.3 is 0 Å². The summed E-state index contributed by atoms with van der Waals surface area (Å²) in [5.41, 5.74) is 2.46. The van der Waals surface area contributed by atoms with Crippen molar-refractivity contribution in [1.82, 2.24) is 15.1 Å². The van der Waals surface area contributed by atoms with Gasteiger partial charge in [-0.2, -0.15) is 5.10 Å². The first-order valence-corrected chi connectivity index (χ1v) is 6.19. The Morgan fingerprint density at radius 1 is 1.33 bits per heavy atom. The van der Waals surface area contributed by atoms with Crippen molar-refractivity contribution in [3.63, 3.8) is 0 Å². The highest BCUT2D eigenvalue weighted by atomic mass is 15.3. The largest absolute Gasteiger partial charge is 0.307 e. The third kappa shape index (κ3) is 3.57. The monoisotopic (exact) mass is 241 g/mol. The summed E-state index contributed by atoms with van der Waals surface area (Å²) < 4.78 is 1.96. The van der Waals surface area contributed by atoms with E-state index in [9.17, 15) is 0 Å². The lowest BCUT2D eigenvalue weighted by Gasteiger charge is -2.06. The summed E-state index contributed by atoms with van der Waals surface area (Å²) in [6.45, 7) is 7.47. The van der Waals surface area contributed by atoms with E-state index < -0.39 is 0 Å². The smallest absolute Gasteiger partial charge is 0.0659 e. The Bertz CT molecular complexity index is 487. The number of rotatable bonds is 6. The van der Waals surface area contributed by atoms with Crippen LogP contribution in [0.25, 0.3) is 0 Å². The van der Waals surface area contributed by atoms with E-state index in [0.717, 1.165) is 13.1 Å². The molecular formula is C15H19N3. The predicted molar refractivity (Wildman–Crippen MR) is 74.3 cm³/mol. The zero-order chi connectivity index (χ0) is 12.8. The molecule has 1 atom stereocenters. The normalized spacial score (nSPS) is 12.3. The molecule has 0 fully saturated rings. The number of benzene rings is 1. The minimum Gasteiger partial charge on any atom is -0.307 e. The van der Waals surface area contributed by atoms with Crippen molar-refractivity contribution in [2.24, 2.45) is 0 Å². The van der Waals surface area contributed by atoms with Crippen LogP contribution < -0.4 is 5.32 Å². The van der Waals surface area contributed by atoms with E-state index in [0.29, 0.717) is 6.04 Å². The molecule has 94 valence electrons. The molecule has 3 nitrogen and oxygen atoms in total. The van der Waals surface area contributed by atoms with Gasteiger partial charge in [-0.25, -0.2) is 0 Å². The van der Waals surface area contributed by atoms with Gasteiger partial charge in [-0.1, -0.05) is 36.4 Å². The highest BCUT2D eigenvalue weighted by Crippen LogP contribution is 2.04. The van der Waals surface area contributed by atoms with Crippen molar-refractivity contribution in [1.29, 1.82) is 0 Å². The van der Waals surface area contributed by atoms with Crippen molar-refractivity contribution >= 4 is 0 Å². The molecule has 1 aromatic heterocycles. The van der Waals surface area contributed by atoms with Crippen LogP contribution >= 0.6 is 0 Å². The zero-order valence-corrected chi connectivity index (χ0v) is 10.7. The minimum atomic E-state index is 0.322. The van der Waals surface area contributed by atoms with Crippen LogP contribution in [0.2, 0.25) is 0 Å². The second-order valence-corrected chi connectivity index (χ2v) is 4.44. The molecule has 0 radical (unpaired) electrons. The maximum Gasteiger partial charge on any atom is 0.0659 e. The maximum absolute atomic E-state index is 4.37. The van der Waals surface area contributed by atoms with Crippen molar-refractivity contribution in [2.45, 2.75) is 26.1 Å². The molecule has 0 aliphatic rings. The average molecular weight is 241 g/mol. The quantitative estimate of drug-likeness (QED) is 0.788. The summed E-state index contributed by atoms with van der Waals surface area (Å²) in [5.74, 6) is 0. The van der Waals surface area contributed by atoms with Crippen molar-refractivity contribution in [3.8, 4) is 0 Å². The summed E-state index contributed by atoms with van der Waals surface area (Å²) in [6, 6.07) is 10.7. The molecule has 1 aromatic carbocycles. The highest BCUT2D eigenvalue weighted by molar-refractivity contribution is 5.15. The highest BCUT2D eigenvalue weighted by Gasteiger charge is 2.01. The molecule has 0 saturated carbocycles. The van der Waals surface area contributed by atoms with E-state index >= 15 is 0 Å². The maximum atomic E-state index is 4.37. The van der Waals surface area contributed by atoms with Crippen LogP contribution in [-0.4, -0.2) is 15.8 Å². The Kier molecular flexibility index (Phi) is 4.31. The van der Waals surface area contributed by atoms with Gasteiger partial charge in [0.15, 0.2) is 0 Å². The second kappa shape index (κ2) is 6.17. The molecule has 0 aliphatic carbocycles. The fourth-order valence-electron chi connectivity index (χ4n) is 1.72. The van der Waals surface area contributed by atoms with Crippen LogP contribution in [0.5, 0.6) is 0 Å². The van der Waals surface area contributed by atoms with Crippen LogP contribution in [0.4, 0.5) is 0 Å². The van der Waals surface area contributed by atoms with Gasteiger partial charge in [-0.15, -0.1) is 6.58 Å². The number of hydrogen-bond acceptors (Lipinski definition) is 2. The lowest BCUT2D eigenvalue weighted by Crippen LogP contribution is -2.22. The first-order valence-electron chi connectivity index (χ1n) is 6.19. The van der Waals surface area contributed by atoms with Crippen LogP contribution in [0.1, 0.15) is 18.1 Å². The first kappa shape index (κ1) is 12.6. The van der Waals surface area contributed by atoms with Gasteiger partial charge in [0.2, 0.25) is 0 Å². The Balaban J connectivity index is 1.92. The van der Waals surface area contributed by atoms with E-state index in [-0.39, 0.29) is 0 Å². The van der Waals surface area contributed by atoms with Gasteiger partial charge in [0, 0.05) is 24.3 Å². The van der Waals surface area contributed by atoms with Crippen molar-refractivity contribution in [2.75, 3.05) is 0 Å². The standard InChI is InChI=1S/C15H19N3/c1-3-13(2)16-9-15-10-17-18(12-15)11-14-7-5-4-6-8-14/h3-8,10,12-13,16H,1,9,11H2,2H3. The third-order valence-electron chi connectivity index (χ3n) is 2.86. The number of nitrogens with zero attached hydrogens (tertiary/aromatic N) is 2.